The highest BCUT2D eigenvalue weighted by Gasteiger charge is 2.27. The van der Waals surface area contributed by atoms with Gasteiger partial charge in [0.2, 0.25) is 0 Å². The van der Waals surface area contributed by atoms with E-state index in [1.807, 2.05) is 12.1 Å². The van der Waals surface area contributed by atoms with Gasteiger partial charge in [0.25, 0.3) is 0 Å². The molecule has 0 saturated carbocycles. The number of nitrogens with zero attached hydrogens (tertiary/aromatic N) is 1. The van der Waals surface area contributed by atoms with Crippen molar-refractivity contribution in [3.05, 3.63) is 18.2 Å². The maximum Gasteiger partial charge on any atom is 0.142 e. The van der Waals surface area contributed by atoms with Gasteiger partial charge in [-0.25, -0.2) is 0 Å². The van der Waals surface area contributed by atoms with Gasteiger partial charge in [0.05, 0.1) is 19.4 Å². The molecule has 17 heavy (non-hydrogen) atoms. The SMILES string of the molecule is COc1ccc2c(c1)N1CCNCC1CCO2. The fourth-order valence-electron chi connectivity index (χ4n) is 2.61. The van der Waals surface area contributed by atoms with E-state index in [0.29, 0.717) is 6.04 Å². The summed E-state index contributed by atoms with van der Waals surface area (Å²) in [7, 11) is 1.70. The molecule has 3 rings (SSSR count). The Morgan fingerprint density at radius 3 is 3.29 bits per heavy atom. The molecule has 1 atom stereocenters. The zero-order chi connectivity index (χ0) is 11.7. The van der Waals surface area contributed by atoms with Crippen molar-refractivity contribution in [3.63, 3.8) is 0 Å². The first kappa shape index (κ1) is 10.7. The second kappa shape index (κ2) is 4.45. The Balaban J connectivity index is 2.00. The Hall–Kier alpha value is -1.42. The third-order valence-corrected chi connectivity index (χ3v) is 3.53. The van der Waals surface area contributed by atoms with Gasteiger partial charge in [-0.15, -0.1) is 0 Å². The fourth-order valence-corrected chi connectivity index (χ4v) is 2.61. The molecule has 92 valence electrons. The van der Waals surface area contributed by atoms with E-state index in [-0.39, 0.29) is 0 Å². The quantitative estimate of drug-likeness (QED) is 0.793. The van der Waals surface area contributed by atoms with Crippen LogP contribution in [0.3, 0.4) is 0 Å². The molecule has 0 amide bonds. The number of nitrogens with one attached hydrogen (secondary N) is 1. The number of fused-ring (bicyclic) bond motifs is 3. The van der Waals surface area contributed by atoms with Gasteiger partial charge in [0.15, 0.2) is 0 Å². The van der Waals surface area contributed by atoms with Crippen molar-refractivity contribution in [3.8, 4) is 11.5 Å². The molecule has 1 unspecified atom stereocenters. The molecule has 0 bridgehead atoms. The summed E-state index contributed by atoms with van der Waals surface area (Å²) in [5.74, 6) is 1.88. The summed E-state index contributed by atoms with van der Waals surface area (Å²) in [5.41, 5.74) is 1.17. The van der Waals surface area contributed by atoms with E-state index < -0.39 is 0 Å². The summed E-state index contributed by atoms with van der Waals surface area (Å²) in [6.07, 6.45) is 1.07. The number of piperazine rings is 1. The maximum absolute atomic E-state index is 5.81. The molecule has 1 N–H and O–H groups in total. The molecule has 2 aliphatic rings. The number of rotatable bonds is 1. The zero-order valence-corrected chi connectivity index (χ0v) is 10.1. The smallest absolute Gasteiger partial charge is 0.142 e. The van der Waals surface area contributed by atoms with Gasteiger partial charge in [0.1, 0.15) is 11.5 Å². The minimum absolute atomic E-state index is 0.539. The Morgan fingerprint density at radius 2 is 2.41 bits per heavy atom. The Labute approximate surface area is 102 Å². The molecule has 1 aromatic rings. The average Bonchev–Trinajstić information content (AvgIpc) is 2.57. The summed E-state index contributed by atoms with van der Waals surface area (Å²) < 4.78 is 11.1. The lowest BCUT2D eigenvalue weighted by Gasteiger charge is -2.36. The number of ether oxygens (including phenoxy) is 2. The first-order valence-electron chi connectivity index (χ1n) is 6.16. The summed E-state index contributed by atoms with van der Waals surface area (Å²) in [4.78, 5) is 2.45. The lowest BCUT2D eigenvalue weighted by atomic mass is 10.1. The third-order valence-electron chi connectivity index (χ3n) is 3.53. The summed E-state index contributed by atoms with van der Waals surface area (Å²) >= 11 is 0. The van der Waals surface area contributed by atoms with Crippen LogP contribution in [0.1, 0.15) is 6.42 Å². The molecule has 1 fully saturated rings. The van der Waals surface area contributed by atoms with Gasteiger partial charge in [-0.3, -0.25) is 0 Å². The van der Waals surface area contributed by atoms with Crippen molar-refractivity contribution in [1.82, 2.24) is 5.32 Å². The molecule has 0 aliphatic carbocycles. The molecule has 2 heterocycles. The average molecular weight is 234 g/mol. The molecule has 1 aromatic carbocycles. The third kappa shape index (κ3) is 1.93. The summed E-state index contributed by atoms with van der Waals surface area (Å²) in [6.45, 7) is 3.91. The van der Waals surface area contributed by atoms with E-state index >= 15 is 0 Å². The number of benzene rings is 1. The zero-order valence-electron chi connectivity index (χ0n) is 10.1. The van der Waals surface area contributed by atoms with Crippen LogP contribution in [-0.2, 0) is 0 Å². The van der Waals surface area contributed by atoms with Crippen LogP contribution in [0.25, 0.3) is 0 Å². The first-order valence-corrected chi connectivity index (χ1v) is 6.16. The van der Waals surface area contributed by atoms with E-state index in [1.165, 1.54) is 5.69 Å². The van der Waals surface area contributed by atoms with E-state index in [9.17, 15) is 0 Å². The van der Waals surface area contributed by atoms with Crippen molar-refractivity contribution in [2.24, 2.45) is 0 Å². The van der Waals surface area contributed by atoms with Crippen LogP contribution in [0.2, 0.25) is 0 Å². The van der Waals surface area contributed by atoms with Crippen LogP contribution in [0.4, 0.5) is 5.69 Å². The van der Waals surface area contributed by atoms with E-state index in [2.05, 4.69) is 16.3 Å². The molecule has 4 heteroatoms. The van der Waals surface area contributed by atoms with Crippen LogP contribution in [-0.4, -0.2) is 39.4 Å². The normalized spacial score (nSPS) is 23.1. The van der Waals surface area contributed by atoms with E-state index in [1.54, 1.807) is 7.11 Å². The second-order valence-corrected chi connectivity index (χ2v) is 4.52. The van der Waals surface area contributed by atoms with Crippen LogP contribution in [0.5, 0.6) is 11.5 Å². The molecule has 0 spiro atoms. The van der Waals surface area contributed by atoms with Crippen LogP contribution in [0, 0.1) is 0 Å². The van der Waals surface area contributed by atoms with Gasteiger partial charge in [-0.1, -0.05) is 0 Å². The Morgan fingerprint density at radius 1 is 1.47 bits per heavy atom. The predicted octanol–water partition coefficient (Wildman–Crippen LogP) is 1.26. The number of hydrogen-bond donors (Lipinski definition) is 1. The van der Waals surface area contributed by atoms with Gasteiger partial charge < -0.3 is 19.7 Å². The summed E-state index contributed by atoms with van der Waals surface area (Å²) in [6, 6.07) is 6.59. The molecular formula is C13H18N2O2. The van der Waals surface area contributed by atoms with Crippen molar-refractivity contribution < 1.29 is 9.47 Å². The first-order chi connectivity index (χ1) is 8.38. The Bertz CT molecular complexity index is 408. The lowest BCUT2D eigenvalue weighted by Crippen LogP contribution is -2.51. The van der Waals surface area contributed by atoms with Gasteiger partial charge in [-0.05, 0) is 12.1 Å². The van der Waals surface area contributed by atoms with Crippen molar-refractivity contribution in [2.45, 2.75) is 12.5 Å². The van der Waals surface area contributed by atoms with Crippen molar-refractivity contribution in [1.29, 1.82) is 0 Å². The Kier molecular flexibility index (Phi) is 2.81. The van der Waals surface area contributed by atoms with Crippen LogP contribution < -0.4 is 19.7 Å². The van der Waals surface area contributed by atoms with Gasteiger partial charge in [-0.2, -0.15) is 0 Å². The number of methoxy groups -OCH3 is 1. The van der Waals surface area contributed by atoms with Crippen LogP contribution >= 0.6 is 0 Å². The topological polar surface area (TPSA) is 33.7 Å². The number of anilines is 1. The van der Waals surface area contributed by atoms with Gasteiger partial charge >= 0.3 is 0 Å². The minimum atomic E-state index is 0.539. The molecule has 0 aromatic heterocycles. The minimum Gasteiger partial charge on any atom is -0.497 e. The highest BCUT2D eigenvalue weighted by molar-refractivity contribution is 5.63. The van der Waals surface area contributed by atoms with Crippen molar-refractivity contribution >= 4 is 5.69 Å². The summed E-state index contributed by atoms with van der Waals surface area (Å²) in [5, 5.41) is 3.44. The fraction of sp³-hybridized carbons (Fsp3) is 0.538. The lowest BCUT2D eigenvalue weighted by molar-refractivity contribution is 0.303. The second-order valence-electron chi connectivity index (χ2n) is 4.52. The molecular weight excluding hydrogens is 216 g/mol. The largest absolute Gasteiger partial charge is 0.497 e. The van der Waals surface area contributed by atoms with E-state index in [4.69, 9.17) is 9.47 Å². The monoisotopic (exact) mass is 234 g/mol. The van der Waals surface area contributed by atoms with Gasteiger partial charge in [0, 0.05) is 38.2 Å². The molecule has 1 saturated heterocycles. The van der Waals surface area contributed by atoms with E-state index in [0.717, 1.165) is 44.2 Å². The van der Waals surface area contributed by atoms with Crippen LogP contribution in [0.15, 0.2) is 18.2 Å². The predicted molar refractivity (Wildman–Crippen MR) is 67.1 cm³/mol. The molecule has 0 radical (unpaired) electrons. The maximum atomic E-state index is 5.81. The highest BCUT2D eigenvalue weighted by atomic mass is 16.5. The molecule has 2 aliphatic heterocycles. The standard InChI is InChI=1S/C13H18N2O2/c1-16-11-2-3-13-12(8-11)15-6-5-14-9-10(15)4-7-17-13/h2-3,8,10,14H,4-7,9H2,1H3. The molecule has 4 nitrogen and oxygen atoms in total. The van der Waals surface area contributed by atoms with Crippen molar-refractivity contribution in [2.75, 3.05) is 38.3 Å². The highest BCUT2D eigenvalue weighted by Crippen LogP contribution is 2.36. The number of hydrogen-bond acceptors (Lipinski definition) is 4.